The van der Waals surface area contributed by atoms with E-state index >= 15 is 0 Å². The first-order chi connectivity index (χ1) is 10.3. The molecule has 0 amide bonds. The Kier molecular flexibility index (Phi) is 4.83. The Bertz CT molecular complexity index is 616. The zero-order chi connectivity index (χ0) is 14.5. The largest absolute Gasteiger partial charge is 0.465 e. The van der Waals surface area contributed by atoms with Crippen LogP contribution in [0.5, 0.6) is 0 Å². The third-order valence-electron chi connectivity index (χ3n) is 3.47. The first kappa shape index (κ1) is 14.5. The molecule has 0 spiro atoms. The number of rotatable bonds is 5. The van der Waals surface area contributed by atoms with Crippen LogP contribution >= 0.6 is 22.7 Å². The lowest BCUT2D eigenvalue weighted by Gasteiger charge is -2.17. The first-order valence-corrected chi connectivity index (χ1v) is 8.86. The molecule has 3 rings (SSSR count). The number of carbonyl (C=O) groups excluding carboxylic acids is 1. The molecular formula is C16H17NO2S2. The zero-order valence-electron chi connectivity index (χ0n) is 11.7. The Balaban J connectivity index is 1.49. The second-order valence-electron chi connectivity index (χ2n) is 5.13. The topological polar surface area (TPSA) is 39.2 Å². The lowest BCUT2D eigenvalue weighted by molar-refractivity contribution is -0.144. The van der Waals surface area contributed by atoms with Gasteiger partial charge < -0.3 is 4.74 Å². The van der Waals surface area contributed by atoms with E-state index in [1.165, 1.54) is 0 Å². The Labute approximate surface area is 132 Å². The van der Waals surface area contributed by atoms with Gasteiger partial charge >= 0.3 is 5.97 Å². The van der Waals surface area contributed by atoms with Gasteiger partial charge in [-0.15, -0.1) is 22.7 Å². The molecule has 1 atom stereocenters. The molecule has 0 saturated carbocycles. The molecule has 1 unspecified atom stereocenters. The SMILES string of the molecule is O=C(Cc1csc(-c2cccs2)n1)OCC1CC=CCC1. The summed E-state index contributed by atoms with van der Waals surface area (Å²) in [7, 11) is 0. The number of carbonyl (C=O) groups is 1. The van der Waals surface area contributed by atoms with Gasteiger partial charge in [0.05, 0.1) is 23.6 Å². The van der Waals surface area contributed by atoms with Crippen molar-refractivity contribution in [2.45, 2.75) is 25.7 Å². The molecule has 0 aromatic carbocycles. The van der Waals surface area contributed by atoms with E-state index in [2.05, 4.69) is 17.1 Å². The summed E-state index contributed by atoms with van der Waals surface area (Å²) in [5.74, 6) is 0.309. The molecule has 2 aromatic heterocycles. The molecule has 0 N–H and O–H groups in total. The van der Waals surface area contributed by atoms with Gasteiger partial charge in [0.25, 0.3) is 0 Å². The van der Waals surface area contributed by atoms with E-state index < -0.39 is 0 Å². The summed E-state index contributed by atoms with van der Waals surface area (Å²) < 4.78 is 5.38. The highest BCUT2D eigenvalue weighted by atomic mass is 32.1. The molecule has 2 heterocycles. The average Bonchev–Trinajstić information content (AvgIpc) is 3.17. The minimum Gasteiger partial charge on any atom is -0.465 e. The van der Waals surface area contributed by atoms with Gasteiger partial charge in [-0.05, 0) is 36.6 Å². The average molecular weight is 319 g/mol. The summed E-state index contributed by atoms with van der Waals surface area (Å²) >= 11 is 3.24. The minimum absolute atomic E-state index is 0.174. The van der Waals surface area contributed by atoms with Crippen molar-refractivity contribution in [3.63, 3.8) is 0 Å². The predicted molar refractivity (Wildman–Crippen MR) is 86.6 cm³/mol. The Morgan fingerprint density at radius 3 is 3.10 bits per heavy atom. The van der Waals surface area contributed by atoms with Crippen molar-refractivity contribution < 1.29 is 9.53 Å². The van der Waals surface area contributed by atoms with Crippen LogP contribution in [0.25, 0.3) is 9.88 Å². The summed E-state index contributed by atoms with van der Waals surface area (Å²) in [6, 6.07) is 4.05. The standard InChI is InChI=1S/C16H17NO2S2/c18-15(19-10-12-5-2-1-3-6-12)9-13-11-21-16(17-13)14-7-4-8-20-14/h1-2,4,7-8,11-12H,3,5-6,9-10H2. The van der Waals surface area contributed by atoms with Gasteiger partial charge in [-0.25, -0.2) is 4.98 Å². The lowest BCUT2D eigenvalue weighted by atomic mass is 9.95. The van der Waals surface area contributed by atoms with Crippen molar-refractivity contribution in [2.75, 3.05) is 6.61 Å². The second-order valence-corrected chi connectivity index (χ2v) is 6.94. The van der Waals surface area contributed by atoms with Gasteiger partial charge in [0.15, 0.2) is 0 Å². The maximum Gasteiger partial charge on any atom is 0.311 e. The molecule has 0 bridgehead atoms. The van der Waals surface area contributed by atoms with Crippen molar-refractivity contribution >= 4 is 28.6 Å². The number of hydrogen-bond donors (Lipinski definition) is 0. The minimum atomic E-state index is -0.174. The van der Waals surface area contributed by atoms with Gasteiger partial charge in [0, 0.05) is 5.38 Å². The normalized spacial score (nSPS) is 17.8. The maximum absolute atomic E-state index is 11.9. The van der Waals surface area contributed by atoms with Gasteiger partial charge in [0.2, 0.25) is 0 Å². The predicted octanol–water partition coefficient (Wildman–Crippen LogP) is 4.31. The summed E-state index contributed by atoms with van der Waals surface area (Å²) in [6.45, 7) is 0.533. The van der Waals surface area contributed by atoms with Crippen molar-refractivity contribution in [3.8, 4) is 9.88 Å². The molecule has 0 fully saturated rings. The molecule has 2 aromatic rings. The molecule has 0 radical (unpaired) electrons. The fraction of sp³-hybridized carbons (Fsp3) is 0.375. The van der Waals surface area contributed by atoms with Gasteiger partial charge in [-0.3, -0.25) is 4.79 Å². The third kappa shape index (κ3) is 4.02. The number of esters is 1. The summed E-state index contributed by atoms with van der Waals surface area (Å²) in [4.78, 5) is 17.5. The molecule has 0 saturated heterocycles. The number of thiophene rings is 1. The smallest absolute Gasteiger partial charge is 0.311 e. The van der Waals surface area contributed by atoms with Crippen LogP contribution < -0.4 is 0 Å². The monoisotopic (exact) mass is 319 g/mol. The van der Waals surface area contributed by atoms with Crippen LogP contribution in [-0.2, 0) is 16.0 Å². The van der Waals surface area contributed by atoms with Crippen LogP contribution in [0.3, 0.4) is 0 Å². The molecule has 1 aliphatic carbocycles. The van der Waals surface area contributed by atoms with E-state index in [1.54, 1.807) is 22.7 Å². The molecular weight excluding hydrogens is 302 g/mol. The van der Waals surface area contributed by atoms with E-state index in [0.717, 1.165) is 34.8 Å². The quantitative estimate of drug-likeness (QED) is 0.609. The highest BCUT2D eigenvalue weighted by Crippen LogP contribution is 2.28. The number of nitrogens with zero attached hydrogens (tertiary/aromatic N) is 1. The van der Waals surface area contributed by atoms with Gasteiger partial charge in [0.1, 0.15) is 5.01 Å². The molecule has 21 heavy (non-hydrogen) atoms. The summed E-state index contributed by atoms with van der Waals surface area (Å²) in [5.41, 5.74) is 0.803. The van der Waals surface area contributed by atoms with E-state index in [9.17, 15) is 4.79 Å². The molecule has 5 heteroatoms. The van der Waals surface area contributed by atoms with Crippen LogP contribution in [-0.4, -0.2) is 17.6 Å². The zero-order valence-corrected chi connectivity index (χ0v) is 13.3. The molecule has 110 valence electrons. The highest BCUT2D eigenvalue weighted by molar-refractivity contribution is 7.20. The van der Waals surface area contributed by atoms with Gasteiger partial charge in [-0.1, -0.05) is 18.2 Å². The molecule has 1 aliphatic rings. The highest BCUT2D eigenvalue weighted by Gasteiger charge is 2.14. The van der Waals surface area contributed by atoms with Crippen LogP contribution in [0, 0.1) is 5.92 Å². The number of hydrogen-bond acceptors (Lipinski definition) is 5. The van der Waals surface area contributed by atoms with Crippen LogP contribution in [0.15, 0.2) is 35.0 Å². The third-order valence-corrected chi connectivity index (χ3v) is 5.40. The van der Waals surface area contributed by atoms with E-state index in [-0.39, 0.29) is 12.4 Å². The number of ether oxygens (including phenoxy) is 1. The fourth-order valence-corrected chi connectivity index (χ4v) is 3.95. The van der Waals surface area contributed by atoms with Crippen LogP contribution in [0.4, 0.5) is 0 Å². The summed E-state index contributed by atoms with van der Waals surface area (Å²) in [6.07, 6.45) is 7.87. The molecule has 3 nitrogen and oxygen atoms in total. The number of allylic oxidation sites excluding steroid dienone is 2. The van der Waals surface area contributed by atoms with Crippen molar-refractivity contribution in [2.24, 2.45) is 5.92 Å². The van der Waals surface area contributed by atoms with E-state index in [0.29, 0.717) is 12.5 Å². The fourth-order valence-electron chi connectivity index (χ4n) is 2.32. The van der Waals surface area contributed by atoms with E-state index in [1.807, 2.05) is 22.9 Å². The lowest BCUT2D eigenvalue weighted by Crippen LogP contribution is -2.16. The van der Waals surface area contributed by atoms with Crippen molar-refractivity contribution in [1.29, 1.82) is 0 Å². The Morgan fingerprint density at radius 1 is 1.38 bits per heavy atom. The number of thiazole rings is 1. The number of aromatic nitrogens is 1. The first-order valence-electron chi connectivity index (χ1n) is 7.10. The Hall–Kier alpha value is -1.46. The van der Waals surface area contributed by atoms with Crippen LogP contribution in [0.2, 0.25) is 0 Å². The van der Waals surface area contributed by atoms with Crippen molar-refractivity contribution in [1.82, 2.24) is 4.98 Å². The van der Waals surface area contributed by atoms with Crippen molar-refractivity contribution in [3.05, 3.63) is 40.7 Å². The second kappa shape index (κ2) is 7.00. The summed E-state index contributed by atoms with van der Waals surface area (Å²) in [5, 5.41) is 4.95. The maximum atomic E-state index is 11.9. The van der Waals surface area contributed by atoms with Gasteiger partial charge in [-0.2, -0.15) is 0 Å². The Morgan fingerprint density at radius 2 is 2.33 bits per heavy atom. The van der Waals surface area contributed by atoms with E-state index in [4.69, 9.17) is 4.74 Å². The molecule has 0 aliphatic heterocycles. The van der Waals surface area contributed by atoms with Crippen LogP contribution in [0.1, 0.15) is 25.0 Å².